The first-order valence-corrected chi connectivity index (χ1v) is 10.6. The van der Waals surface area contributed by atoms with Crippen LogP contribution in [0.4, 0.5) is 0 Å². The highest BCUT2D eigenvalue weighted by atomic mass is 15.6. The van der Waals surface area contributed by atoms with Crippen LogP contribution in [0.2, 0.25) is 0 Å². The molecule has 29 heavy (non-hydrogen) atoms. The summed E-state index contributed by atoms with van der Waals surface area (Å²) in [4.78, 5) is 6.20. The molecule has 1 aliphatic rings. The average Bonchev–Trinajstić information content (AvgIpc) is 3.21. The molecular weight excluding hydrogens is 360 g/mol. The topological polar surface area (TPSA) is 60.9 Å². The van der Waals surface area contributed by atoms with E-state index in [9.17, 15) is 0 Å². The van der Waals surface area contributed by atoms with Crippen molar-refractivity contribution < 1.29 is 4.90 Å². The molecule has 1 fully saturated rings. The Morgan fingerprint density at radius 3 is 2.41 bits per heavy atom. The van der Waals surface area contributed by atoms with E-state index < -0.39 is 0 Å². The van der Waals surface area contributed by atoms with Crippen LogP contribution in [0.1, 0.15) is 56.7 Å². The van der Waals surface area contributed by atoms with E-state index in [0.29, 0.717) is 0 Å². The van der Waals surface area contributed by atoms with Crippen LogP contribution >= 0.6 is 0 Å². The van der Waals surface area contributed by atoms with Crippen molar-refractivity contribution in [2.75, 3.05) is 13.1 Å². The predicted octanol–water partition coefficient (Wildman–Crippen LogP) is 2.45. The van der Waals surface area contributed by atoms with Crippen molar-refractivity contribution in [1.29, 1.82) is 0 Å². The number of aromatic nitrogens is 5. The molecule has 3 heterocycles. The van der Waals surface area contributed by atoms with Gasteiger partial charge in [0.25, 0.3) is 0 Å². The highest BCUT2D eigenvalue weighted by Gasteiger charge is 2.37. The molecule has 0 bridgehead atoms. The quantitative estimate of drug-likeness (QED) is 0.726. The smallest absolute Gasteiger partial charge is 0.216 e. The molecule has 0 spiro atoms. The molecule has 152 valence electrons. The number of hydrogen-bond donors (Lipinski definition) is 1. The number of nitrogens with one attached hydrogen (secondary N) is 1. The number of likely N-dealkylation sites (tertiary alicyclic amines) is 1. The predicted molar refractivity (Wildman–Crippen MR) is 112 cm³/mol. The number of pyridine rings is 1. The summed E-state index contributed by atoms with van der Waals surface area (Å²) in [5, 5.41) is 12.8. The first-order valence-electron chi connectivity index (χ1n) is 10.6. The van der Waals surface area contributed by atoms with E-state index in [1.54, 1.807) is 0 Å². The van der Waals surface area contributed by atoms with Crippen molar-refractivity contribution in [3.63, 3.8) is 0 Å². The Labute approximate surface area is 173 Å². The summed E-state index contributed by atoms with van der Waals surface area (Å²) in [5.74, 6) is 1.65. The number of quaternary nitrogens is 1. The number of hydrogen-bond acceptors (Lipinski definition) is 4. The Morgan fingerprint density at radius 1 is 1.03 bits per heavy atom. The molecule has 0 radical (unpaired) electrons. The molecule has 1 aromatic carbocycles. The lowest BCUT2D eigenvalue weighted by Gasteiger charge is -2.34. The molecular formula is C23H31N6+. The van der Waals surface area contributed by atoms with Crippen LogP contribution in [-0.2, 0) is 12.0 Å². The third-order valence-electron chi connectivity index (χ3n) is 5.89. The van der Waals surface area contributed by atoms with Crippen LogP contribution in [0.5, 0.6) is 0 Å². The van der Waals surface area contributed by atoms with Crippen molar-refractivity contribution in [2.45, 2.75) is 51.6 Å². The van der Waals surface area contributed by atoms with Crippen molar-refractivity contribution in [2.24, 2.45) is 5.92 Å². The van der Waals surface area contributed by atoms with Gasteiger partial charge in [-0.1, -0.05) is 36.4 Å². The average molecular weight is 392 g/mol. The van der Waals surface area contributed by atoms with Crippen LogP contribution in [0.15, 0.2) is 54.7 Å². The van der Waals surface area contributed by atoms with E-state index in [-0.39, 0.29) is 11.6 Å². The second kappa shape index (κ2) is 8.41. The van der Waals surface area contributed by atoms with Crippen molar-refractivity contribution in [3.05, 3.63) is 71.8 Å². The molecule has 1 aliphatic heterocycles. The lowest BCUT2D eigenvalue weighted by molar-refractivity contribution is -0.932. The summed E-state index contributed by atoms with van der Waals surface area (Å²) < 4.78 is 1.97. The molecule has 6 heteroatoms. The van der Waals surface area contributed by atoms with Crippen molar-refractivity contribution in [3.8, 4) is 0 Å². The van der Waals surface area contributed by atoms with E-state index in [2.05, 4.69) is 78.8 Å². The largest absolute Gasteiger partial charge is 0.321 e. The van der Waals surface area contributed by atoms with Crippen molar-refractivity contribution in [1.82, 2.24) is 25.2 Å². The molecule has 4 rings (SSSR count). The summed E-state index contributed by atoms with van der Waals surface area (Å²) >= 11 is 0. The SMILES string of the molecule is CC(C)(C)n1nnnc1[C@H](c1ccccn1)[NH+]1CCC(Cc2ccccc2)CC1. The summed E-state index contributed by atoms with van der Waals surface area (Å²) in [5.41, 5.74) is 2.32. The Balaban J connectivity index is 1.55. The van der Waals surface area contributed by atoms with Crippen LogP contribution in [0, 0.1) is 5.92 Å². The molecule has 1 N–H and O–H groups in total. The highest BCUT2D eigenvalue weighted by molar-refractivity contribution is 5.16. The van der Waals surface area contributed by atoms with Gasteiger partial charge in [0.15, 0.2) is 6.04 Å². The van der Waals surface area contributed by atoms with Gasteiger partial charge in [-0.15, -0.1) is 5.10 Å². The third kappa shape index (κ3) is 4.53. The summed E-state index contributed by atoms with van der Waals surface area (Å²) in [6, 6.07) is 17.0. The minimum absolute atomic E-state index is 0.0584. The zero-order chi connectivity index (χ0) is 20.3. The molecule has 1 atom stereocenters. The van der Waals surface area contributed by atoms with Crippen LogP contribution < -0.4 is 4.90 Å². The maximum atomic E-state index is 4.69. The molecule has 3 aromatic rings. The normalized spacial score (nSPS) is 21.1. The van der Waals surface area contributed by atoms with Crippen LogP contribution in [0.3, 0.4) is 0 Å². The fourth-order valence-corrected chi connectivity index (χ4v) is 4.41. The van der Waals surface area contributed by atoms with Gasteiger partial charge in [-0.05, 0) is 74.1 Å². The number of tetrazole rings is 1. The second-order valence-electron chi connectivity index (χ2n) is 9.10. The van der Waals surface area contributed by atoms with Gasteiger partial charge < -0.3 is 4.90 Å². The maximum absolute atomic E-state index is 4.69. The minimum Gasteiger partial charge on any atom is -0.321 e. The summed E-state index contributed by atoms with van der Waals surface area (Å²) in [7, 11) is 0. The third-order valence-corrected chi connectivity index (χ3v) is 5.89. The van der Waals surface area contributed by atoms with E-state index in [1.165, 1.54) is 29.7 Å². The van der Waals surface area contributed by atoms with Gasteiger partial charge in [0, 0.05) is 6.20 Å². The molecule has 1 saturated heterocycles. The fourth-order valence-electron chi connectivity index (χ4n) is 4.41. The van der Waals surface area contributed by atoms with Crippen LogP contribution in [0.25, 0.3) is 0 Å². The minimum atomic E-state index is -0.170. The van der Waals surface area contributed by atoms with Gasteiger partial charge in [-0.2, -0.15) is 0 Å². The van der Waals surface area contributed by atoms with Gasteiger partial charge in [0.2, 0.25) is 5.82 Å². The second-order valence-corrected chi connectivity index (χ2v) is 9.10. The van der Waals surface area contributed by atoms with Gasteiger partial charge in [0.05, 0.1) is 18.6 Å². The number of piperidine rings is 1. The Hall–Kier alpha value is -2.60. The fraction of sp³-hybridized carbons (Fsp3) is 0.478. The lowest BCUT2D eigenvalue weighted by atomic mass is 9.89. The molecule has 0 amide bonds. The van der Waals surface area contributed by atoms with E-state index >= 15 is 0 Å². The van der Waals surface area contributed by atoms with Gasteiger partial charge in [0.1, 0.15) is 5.69 Å². The number of benzene rings is 1. The van der Waals surface area contributed by atoms with Gasteiger partial charge in [-0.25, -0.2) is 4.68 Å². The van der Waals surface area contributed by atoms with E-state index in [4.69, 9.17) is 4.98 Å². The van der Waals surface area contributed by atoms with Gasteiger partial charge >= 0.3 is 0 Å². The molecule has 6 nitrogen and oxygen atoms in total. The highest BCUT2D eigenvalue weighted by Crippen LogP contribution is 2.23. The molecule has 0 saturated carbocycles. The van der Waals surface area contributed by atoms with Crippen molar-refractivity contribution >= 4 is 0 Å². The first kappa shape index (κ1) is 19.7. The Bertz CT molecular complexity index is 892. The molecule has 2 aromatic heterocycles. The maximum Gasteiger partial charge on any atom is 0.216 e. The Morgan fingerprint density at radius 2 is 1.76 bits per heavy atom. The standard InChI is InChI=1S/C23H30N6/c1-23(2,3)29-22(25-26-27-29)21(20-11-7-8-14-24-20)28-15-12-19(13-16-28)17-18-9-5-4-6-10-18/h4-11,14,19,21H,12-13,15-17H2,1-3H3/p+1/t21-/m0/s1. The molecule has 0 unspecified atom stereocenters. The zero-order valence-corrected chi connectivity index (χ0v) is 17.6. The molecule has 0 aliphatic carbocycles. The lowest BCUT2D eigenvalue weighted by Crippen LogP contribution is -3.13. The van der Waals surface area contributed by atoms with E-state index in [0.717, 1.165) is 30.5 Å². The Kier molecular flexibility index (Phi) is 5.72. The van der Waals surface area contributed by atoms with Gasteiger partial charge in [-0.3, -0.25) is 4.98 Å². The number of nitrogens with zero attached hydrogens (tertiary/aromatic N) is 5. The van der Waals surface area contributed by atoms with Crippen LogP contribution in [-0.4, -0.2) is 38.3 Å². The summed E-state index contributed by atoms with van der Waals surface area (Å²) in [6.07, 6.45) is 5.46. The zero-order valence-electron chi connectivity index (χ0n) is 17.6. The number of rotatable bonds is 5. The van der Waals surface area contributed by atoms with E-state index in [1.807, 2.05) is 16.9 Å². The first-order chi connectivity index (χ1) is 14.0. The monoisotopic (exact) mass is 391 g/mol. The summed E-state index contributed by atoms with van der Waals surface area (Å²) in [6.45, 7) is 8.64.